The number of carbonyl (C=O) groups is 2. The predicted molar refractivity (Wildman–Crippen MR) is 90.8 cm³/mol. The number of carbonyl (C=O) groups excluding carboxylic acids is 2. The van der Waals surface area contributed by atoms with E-state index in [9.17, 15) is 9.59 Å². The first kappa shape index (κ1) is 20.3. The fourth-order valence-electron chi connectivity index (χ4n) is 1.76. The highest BCUT2D eigenvalue weighted by Gasteiger charge is 2.10. The Kier molecular flexibility index (Phi) is 14.4. The standard InChI is InChI=1S/C16H30N4O2/c1-3-5-7-9-11-13-17-19-15(21)16(22)20-18-14-12-10-8-6-4-2/h13-14H,3-12H2,1-2H3,(H,19,21)(H,20,22). The summed E-state index contributed by atoms with van der Waals surface area (Å²) in [5, 5.41) is 7.46. The van der Waals surface area contributed by atoms with Gasteiger partial charge in [-0.1, -0.05) is 52.4 Å². The molecule has 0 aromatic carbocycles. The van der Waals surface area contributed by atoms with E-state index in [1.54, 1.807) is 12.4 Å². The highest BCUT2D eigenvalue weighted by Crippen LogP contribution is 2.00. The van der Waals surface area contributed by atoms with E-state index >= 15 is 0 Å². The van der Waals surface area contributed by atoms with Crippen LogP contribution in [-0.2, 0) is 9.59 Å². The van der Waals surface area contributed by atoms with Gasteiger partial charge in [0.25, 0.3) is 0 Å². The van der Waals surface area contributed by atoms with Gasteiger partial charge in [-0.15, -0.1) is 0 Å². The van der Waals surface area contributed by atoms with Crippen LogP contribution < -0.4 is 10.9 Å². The van der Waals surface area contributed by atoms with Crippen molar-refractivity contribution in [3.63, 3.8) is 0 Å². The van der Waals surface area contributed by atoms with Crippen molar-refractivity contribution in [2.75, 3.05) is 0 Å². The first-order chi connectivity index (χ1) is 10.7. The molecule has 0 aromatic heterocycles. The normalized spacial score (nSPS) is 11.2. The zero-order chi connectivity index (χ0) is 16.5. The number of amides is 2. The third kappa shape index (κ3) is 13.3. The first-order valence-corrected chi connectivity index (χ1v) is 8.35. The zero-order valence-corrected chi connectivity index (χ0v) is 13.9. The zero-order valence-electron chi connectivity index (χ0n) is 13.9. The van der Waals surface area contributed by atoms with E-state index in [1.165, 1.54) is 25.7 Å². The largest absolute Gasteiger partial charge is 0.331 e. The van der Waals surface area contributed by atoms with Gasteiger partial charge in [0.1, 0.15) is 0 Å². The summed E-state index contributed by atoms with van der Waals surface area (Å²) < 4.78 is 0. The second kappa shape index (κ2) is 15.7. The number of hydrogen-bond acceptors (Lipinski definition) is 4. The van der Waals surface area contributed by atoms with Crippen LogP contribution in [0.15, 0.2) is 10.2 Å². The Bertz CT molecular complexity index is 320. The molecular weight excluding hydrogens is 280 g/mol. The van der Waals surface area contributed by atoms with Crippen molar-refractivity contribution in [1.29, 1.82) is 0 Å². The molecule has 0 aliphatic heterocycles. The molecule has 0 rings (SSSR count). The van der Waals surface area contributed by atoms with Crippen LogP contribution in [0.25, 0.3) is 0 Å². The predicted octanol–water partition coefficient (Wildman–Crippen LogP) is 3.13. The van der Waals surface area contributed by atoms with E-state index in [0.29, 0.717) is 0 Å². The molecule has 0 bridgehead atoms. The Morgan fingerprint density at radius 2 is 1.14 bits per heavy atom. The molecule has 0 fully saturated rings. The van der Waals surface area contributed by atoms with Gasteiger partial charge in [-0.25, -0.2) is 10.9 Å². The SMILES string of the molecule is CCCCCCC=NNC(=O)C(=O)NN=CCCCCCC. The Morgan fingerprint density at radius 3 is 1.50 bits per heavy atom. The summed E-state index contributed by atoms with van der Waals surface area (Å²) in [5.41, 5.74) is 4.37. The maximum Gasteiger partial charge on any atom is 0.331 e. The van der Waals surface area contributed by atoms with Gasteiger partial charge in [0.15, 0.2) is 0 Å². The molecule has 0 aliphatic rings. The lowest BCUT2D eigenvalue weighted by molar-refractivity contribution is -0.139. The van der Waals surface area contributed by atoms with Gasteiger partial charge in [0.2, 0.25) is 0 Å². The number of nitrogens with one attached hydrogen (secondary N) is 2. The fraction of sp³-hybridized carbons (Fsp3) is 0.750. The molecule has 0 heterocycles. The molecule has 6 nitrogen and oxygen atoms in total. The molecule has 0 atom stereocenters. The molecule has 0 saturated carbocycles. The molecule has 0 aliphatic carbocycles. The quantitative estimate of drug-likeness (QED) is 0.251. The van der Waals surface area contributed by atoms with Crippen LogP contribution in [0.2, 0.25) is 0 Å². The molecule has 6 heteroatoms. The minimum Gasteiger partial charge on any atom is -0.262 e. The molecule has 0 radical (unpaired) electrons. The van der Waals surface area contributed by atoms with Crippen molar-refractivity contribution < 1.29 is 9.59 Å². The van der Waals surface area contributed by atoms with Gasteiger partial charge < -0.3 is 0 Å². The molecule has 0 aromatic rings. The summed E-state index contributed by atoms with van der Waals surface area (Å²) in [6.07, 6.45) is 14.0. The van der Waals surface area contributed by atoms with E-state index in [0.717, 1.165) is 38.5 Å². The molecular formula is C16H30N4O2. The maximum absolute atomic E-state index is 11.4. The van der Waals surface area contributed by atoms with Gasteiger partial charge in [-0.05, 0) is 25.7 Å². The molecule has 22 heavy (non-hydrogen) atoms. The minimum atomic E-state index is -0.798. The second-order valence-electron chi connectivity index (χ2n) is 5.20. The number of unbranched alkanes of at least 4 members (excludes halogenated alkanes) is 8. The van der Waals surface area contributed by atoms with Crippen LogP contribution in [0.5, 0.6) is 0 Å². The summed E-state index contributed by atoms with van der Waals surface area (Å²) in [4.78, 5) is 22.7. The third-order valence-electron chi connectivity index (χ3n) is 3.09. The van der Waals surface area contributed by atoms with Crippen molar-refractivity contribution in [3.05, 3.63) is 0 Å². The highest BCUT2D eigenvalue weighted by atomic mass is 16.2. The lowest BCUT2D eigenvalue weighted by Crippen LogP contribution is -2.35. The summed E-state index contributed by atoms with van der Waals surface area (Å²) in [6.45, 7) is 4.31. The van der Waals surface area contributed by atoms with E-state index < -0.39 is 11.8 Å². The van der Waals surface area contributed by atoms with Crippen LogP contribution in [0.1, 0.15) is 78.1 Å². The highest BCUT2D eigenvalue weighted by molar-refractivity contribution is 6.35. The average molecular weight is 310 g/mol. The van der Waals surface area contributed by atoms with E-state index in [-0.39, 0.29) is 0 Å². The van der Waals surface area contributed by atoms with Crippen molar-refractivity contribution in [2.24, 2.45) is 10.2 Å². The summed E-state index contributed by atoms with van der Waals surface area (Å²) >= 11 is 0. The average Bonchev–Trinajstić information content (AvgIpc) is 2.52. The van der Waals surface area contributed by atoms with Crippen molar-refractivity contribution >= 4 is 24.2 Å². The van der Waals surface area contributed by atoms with Crippen LogP contribution in [0.4, 0.5) is 0 Å². The Labute approximate surface area is 133 Å². The Balaban J connectivity index is 3.63. The number of hydrogen-bond donors (Lipinski definition) is 2. The summed E-state index contributed by atoms with van der Waals surface area (Å²) in [5.74, 6) is -1.60. The minimum absolute atomic E-state index is 0.798. The second-order valence-corrected chi connectivity index (χ2v) is 5.20. The van der Waals surface area contributed by atoms with E-state index in [1.807, 2.05) is 0 Å². The van der Waals surface area contributed by atoms with Gasteiger partial charge in [0.05, 0.1) is 0 Å². The van der Waals surface area contributed by atoms with E-state index in [2.05, 4.69) is 34.9 Å². The summed E-state index contributed by atoms with van der Waals surface area (Å²) in [7, 11) is 0. The molecule has 0 spiro atoms. The van der Waals surface area contributed by atoms with E-state index in [4.69, 9.17) is 0 Å². The molecule has 0 saturated heterocycles. The number of hydrazone groups is 2. The molecule has 2 N–H and O–H groups in total. The Hall–Kier alpha value is -1.72. The number of rotatable bonds is 12. The topological polar surface area (TPSA) is 82.9 Å². The summed E-state index contributed by atoms with van der Waals surface area (Å²) in [6, 6.07) is 0. The maximum atomic E-state index is 11.4. The monoisotopic (exact) mass is 310 g/mol. The van der Waals surface area contributed by atoms with Crippen molar-refractivity contribution in [1.82, 2.24) is 10.9 Å². The molecule has 126 valence electrons. The first-order valence-electron chi connectivity index (χ1n) is 8.35. The van der Waals surface area contributed by atoms with Crippen LogP contribution >= 0.6 is 0 Å². The van der Waals surface area contributed by atoms with Crippen molar-refractivity contribution in [3.8, 4) is 0 Å². The van der Waals surface area contributed by atoms with Crippen LogP contribution in [0.3, 0.4) is 0 Å². The van der Waals surface area contributed by atoms with Gasteiger partial charge in [0, 0.05) is 12.4 Å². The number of nitrogens with zero attached hydrogens (tertiary/aromatic N) is 2. The molecule has 2 amide bonds. The fourth-order valence-corrected chi connectivity index (χ4v) is 1.76. The van der Waals surface area contributed by atoms with Crippen molar-refractivity contribution in [2.45, 2.75) is 78.1 Å². The third-order valence-corrected chi connectivity index (χ3v) is 3.09. The van der Waals surface area contributed by atoms with Crippen LogP contribution in [0, 0.1) is 0 Å². The molecule has 0 unspecified atom stereocenters. The smallest absolute Gasteiger partial charge is 0.262 e. The van der Waals surface area contributed by atoms with Gasteiger partial charge in [-0.2, -0.15) is 10.2 Å². The van der Waals surface area contributed by atoms with Crippen LogP contribution in [-0.4, -0.2) is 24.2 Å². The lowest BCUT2D eigenvalue weighted by atomic mass is 10.2. The lowest BCUT2D eigenvalue weighted by Gasteiger charge is -1.98. The Morgan fingerprint density at radius 1 is 0.727 bits per heavy atom. The van der Waals surface area contributed by atoms with Gasteiger partial charge in [-0.3, -0.25) is 9.59 Å². The van der Waals surface area contributed by atoms with Gasteiger partial charge >= 0.3 is 11.8 Å².